The highest BCUT2D eigenvalue weighted by molar-refractivity contribution is 6.03. The number of nitrogens with two attached hydrogens (primary N) is 1. The topological polar surface area (TPSA) is 111 Å². The maximum atomic E-state index is 12.0. The van der Waals surface area contributed by atoms with Gasteiger partial charge < -0.3 is 11.1 Å². The van der Waals surface area contributed by atoms with Gasteiger partial charge >= 0.3 is 0 Å². The molecule has 0 saturated heterocycles. The third-order valence-electron chi connectivity index (χ3n) is 2.86. The molecule has 0 saturated carbocycles. The van der Waals surface area contributed by atoms with Crippen LogP contribution in [0.15, 0.2) is 30.7 Å². The van der Waals surface area contributed by atoms with Crippen LogP contribution in [-0.2, 0) is 5.41 Å². The predicted molar refractivity (Wildman–Crippen MR) is 81.4 cm³/mol. The summed E-state index contributed by atoms with van der Waals surface area (Å²) in [5, 5.41) is 2.64. The lowest BCUT2D eigenvalue weighted by atomic mass is 9.96. The highest BCUT2D eigenvalue weighted by atomic mass is 16.2. The highest BCUT2D eigenvalue weighted by Crippen LogP contribution is 2.18. The second-order valence-electron chi connectivity index (χ2n) is 5.80. The van der Waals surface area contributed by atoms with Crippen LogP contribution in [0.4, 0.5) is 5.69 Å². The second kappa shape index (κ2) is 5.88. The van der Waals surface area contributed by atoms with Crippen molar-refractivity contribution in [3.63, 3.8) is 0 Å². The summed E-state index contributed by atoms with van der Waals surface area (Å²) in [6.45, 7) is 6.01. The van der Waals surface area contributed by atoms with Crippen molar-refractivity contribution < 1.29 is 9.59 Å². The average molecular weight is 299 g/mol. The number of hydrogen-bond acceptors (Lipinski definition) is 5. The molecule has 7 nitrogen and oxygen atoms in total. The van der Waals surface area contributed by atoms with Crippen molar-refractivity contribution in [2.24, 2.45) is 5.73 Å². The van der Waals surface area contributed by atoms with Gasteiger partial charge in [0.15, 0.2) is 0 Å². The quantitative estimate of drug-likeness (QED) is 0.892. The Morgan fingerprint density at radius 1 is 1.05 bits per heavy atom. The molecule has 2 aromatic heterocycles. The number of anilines is 1. The summed E-state index contributed by atoms with van der Waals surface area (Å²) in [6.07, 6.45) is 4.35. The van der Waals surface area contributed by atoms with E-state index in [0.29, 0.717) is 11.5 Å². The number of nitrogens with zero attached hydrogens (tertiary/aromatic N) is 3. The summed E-state index contributed by atoms with van der Waals surface area (Å²) >= 11 is 0. The second-order valence-corrected chi connectivity index (χ2v) is 5.80. The molecule has 0 radical (unpaired) electrons. The van der Waals surface area contributed by atoms with E-state index in [9.17, 15) is 9.59 Å². The molecule has 2 amide bonds. The third kappa shape index (κ3) is 3.63. The van der Waals surface area contributed by atoms with E-state index < -0.39 is 11.8 Å². The number of pyridine rings is 1. The first-order valence-corrected chi connectivity index (χ1v) is 6.67. The molecule has 2 rings (SSSR count). The number of primary amides is 1. The SMILES string of the molecule is CC(C)(C)c1ncc(NC(=O)c2ccc(C(N)=O)cn2)cn1. The standard InChI is InChI=1S/C15H17N5O2/c1-15(2,3)14-18-7-10(8-19-14)20-13(22)11-5-4-9(6-17-11)12(16)21/h4-8H,1-3H3,(H2,16,21)(H,20,22). The van der Waals surface area contributed by atoms with Crippen LogP contribution in [0.5, 0.6) is 0 Å². The number of carbonyl (C=O) groups is 2. The molecule has 0 aliphatic heterocycles. The molecule has 3 N–H and O–H groups in total. The van der Waals surface area contributed by atoms with E-state index >= 15 is 0 Å². The van der Waals surface area contributed by atoms with Crippen molar-refractivity contribution in [3.05, 3.63) is 47.8 Å². The Labute approximate surface area is 128 Å². The molecule has 0 fully saturated rings. The fourth-order valence-corrected chi connectivity index (χ4v) is 1.65. The minimum absolute atomic E-state index is 0.158. The van der Waals surface area contributed by atoms with Crippen LogP contribution < -0.4 is 11.1 Å². The van der Waals surface area contributed by atoms with Crippen molar-refractivity contribution in [1.82, 2.24) is 15.0 Å². The van der Waals surface area contributed by atoms with Crippen molar-refractivity contribution in [3.8, 4) is 0 Å². The van der Waals surface area contributed by atoms with E-state index in [-0.39, 0.29) is 16.7 Å². The zero-order valence-corrected chi connectivity index (χ0v) is 12.6. The molecule has 0 atom stereocenters. The normalized spacial score (nSPS) is 11.0. The van der Waals surface area contributed by atoms with E-state index in [2.05, 4.69) is 20.3 Å². The molecule has 0 bridgehead atoms. The molecule has 0 aliphatic carbocycles. The lowest BCUT2D eigenvalue weighted by Crippen LogP contribution is -2.18. The summed E-state index contributed by atoms with van der Waals surface area (Å²) in [5.74, 6) is -0.316. The van der Waals surface area contributed by atoms with Crippen LogP contribution in [-0.4, -0.2) is 26.8 Å². The van der Waals surface area contributed by atoms with E-state index in [1.54, 1.807) is 12.4 Å². The van der Waals surface area contributed by atoms with Gasteiger partial charge in [-0.05, 0) is 12.1 Å². The van der Waals surface area contributed by atoms with Gasteiger partial charge in [0.1, 0.15) is 11.5 Å². The first-order valence-electron chi connectivity index (χ1n) is 6.67. The molecule has 0 unspecified atom stereocenters. The molecule has 2 heterocycles. The van der Waals surface area contributed by atoms with Crippen LogP contribution in [0.25, 0.3) is 0 Å². The van der Waals surface area contributed by atoms with Crippen LogP contribution in [0.2, 0.25) is 0 Å². The van der Waals surface area contributed by atoms with Gasteiger partial charge in [0.2, 0.25) is 5.91 Å². The number of aromatic nitrogens is 3. The number of amides is 2. The Balaban J connectivity index is 2.10. The maximum absolute atomic E-state index is 12.0. The van der Waals surface area contributed by atoms with Crippen molar-refractivity contribution >= 4 is 17.5 Å². The predicted octanol–water partition coefficient (Wildman–Crippen LogP) is 1.52. The Morgan fingerprint density at radius 2 is 1.68 bits per heavy atom. The Kier molecular flexibility index (Phi) is 4.16. The van der Waals surface area contributed by atoms with Gasteiger partial charge in [0.25, 0.3) is 5.91 Å². The van der Waals surface area contributed by atoms with Crippen LogP contribution >= 0.6 is 0 Å². The number of nitrogens with one attached hydrogen (secondary N) is 1. The smallest absolute Gasteiger partial charge is 0.274 e. The first kappa shape index (κ1) is 15.6. The summed E-state index contributed by atoms with van der Waals surface area (Å²) in [7, 11) is 0. The fraction of sp³-hybridized carbons (Fsp3) is 0.267. The molecule has 2 aromatic rings. The van der Waals surface area contributed by atoms with Crippen molar-refractivity contribution in [2.45, 2.75) is 26.2 Å². The minimum Gasteiger partial charge on any atom is -0.366 e. The lowest BCUT2D eigenvalue weighted by Gasteiger charge is -2.16. The van der Waals surface area contributed by atoms with E-state index in [4.69, 9.17) is 5.73 Å². The molecule has 7 heteroatoms. The third-order valence-corrected chi connectivity index (χ3v) is 2.86. The molecule has 0 aliphatic rings. The number of hydrogen-bond donors (Lipinski definition) is 2. The van der Waals surface area contributed by atoms with E-state index in [1.165, 1.54) is 18.3 Å². The maximum Gasteiger partial charge on any atom is 0.274 e. The van der Waals surface area contributed by atoms with E-state index in [0.717, 1.165) is 0 Å². The zero-order chi connectivity index (χ0) is 16.3. The summed E-state index contributed by atoms with van der Waals surface area (Å²) in [5.41, 5.74) is 5.85. The van der Waals surface area contributed by atoms with Crippen LogP contribution in [0.1, 0.15) is 47.4 Å². The Hall–Kier alpha value is -2.83. The molecular formula is C15H17N5O2. The van der Waals surface area contributed by atoms with Crippen molar-refractivity contribution in [2.75, 3.05) is 5.32 Å². The Bertz CT molecular complexity index is 687. The van der Waals surface area contributed by atoms with Gasteiger partial charge in [-0.1, -0.05) is 20.8 Å². The van der Waals surface area contributed by atoms with Crippen molar-refractivity contribution in [1.29, 1.82) is 0 Å². The highest BCUT2D eigenvalue weighted by Gasteiger charge is 2.17. The number of rotatable bonds is 3. The fourth-order valence-electron chi connectivity index (χ4n) is 1.65. The molecule has 0 aromatic carbocycles. The van der Waals surface area contributed by atoms with Gasteiger partial charge in [-0.2, -0.15) is 0 Å². The van der Waals surface area contributed by atoms with Crippen LogP contribution in [0, 0.1) is 0 Å². The molecular weight excluding hydrogens is 282 g/mol. The van der Waals surface area contributed by atoms with Gasteiger partial charge in [-0.15, -0.1) is 0 Å². The van der Waals surface area contributed by atoms with Gasteiger partial charge in [0, 0.05) is 11.6 Å². The average Bonchev–Trinajstić information content (AvgIpc) is 2.47. The lowest BCUT2D eigenvalue weighted by molar-refractivity contribution is 0.0993. The monoisotopic (exact) mass is 299 g/mol. The summed E-state index contributed by atoms with van der Waals surface area (Å²) < 4.78 is 0. The molecule has 0 spiro atoms. The zero-order valence-electron chi connectivity index (χ0n) is 12.6. The largest absolute Gasteiger partial charge is 0.366 e. The van der Waals surface area contributed by atoms with Gasteiger partial charge in [-0.3, -0.25) is 14.6 Å². The minimum atomic E-state index is -0.592. The van der Waals surface area contributed by atoms with Gasteiger partial charge in [0.05, 0.1) is 23.6 Å². The number of carbonyl (C=O) groups excluding carboxylic acids is 2. The molecule has 22 heavy (non-hydrogen) atoms. The van der Waals surface area contributed by atoms with Crippen LogP contribution in [0.3, 0.4) is 0 Å². The first-order chi connectivity index (χ1) is 10.3. The van der Waals surface area contributed by atoms with Gasteiger partial charge in [-0.25, -0.2) is 9.97 Å². The Morgan fingerprint density at radius 3 is 2.14 bits per heavy atom. The molecule has 114 valence electrons. The summed E-state index contributed by atoms with van der Waals surface area (Å²) in [4.78, 5) is 35.3. The summed E-state index contributed by atoms with van der Waals surface area (Å²) in [6, 6.07) is 2.88. The van der Waals surface area contributed by atoms with E-state index in [1.807, 2.05) is 20.8 Å².